The Labute approximate surface area is 60.9 Å². The summed E-state index contributed by atoms with van der Waals surface area (Å²) in [5, 5.41) is 8.88. The number of ketones is 1. The minimum atomic E-state index is -1.13. The molecule has 0 aliphatic carbocycles. The van der Waals surface area contributed by atoms with Crippen LogP contribution in [0.2, 0.25) is 0 Å². The fourth-order valence-corrected chi connectivity index (χ4v) is 0.799. The van der Waals surface area contributed by atoms with E-state index in [-0.39, 0.29) is 6.16 Å². The molecule has 0 saturated heterocycles. The number of carbonyl (C=O) groups excluding carboxylic acids is 1. The smallest absolute Gasteiger partial charge is 0.187 e. The van der Waals surface area contributed by atoms with E-state index in [2.05, 4.69) is 6.58 Å². The molecule has 0 aromatic rings. The van der Waals surface area contributed by atoms with Crippen molar-refractivity contribution >= 4 is 14.2 Å². The topological polar surface area (TPSA) is 54.4 Å². The highest BCUT2D eigenvalue weighted by atomic mass is 31.1. The maximum Gasteiger partial charge on any atom is 0.187 e. The average molecular weight is 161 g/mol. The maximum absolute atomic E-state index is 10.7. The molecule has 1 radical (unpaired) electrons. The Morgan fingerprint density at radius 2 is 2.30 bits per heavy atom. The fraction of sp³-hybridized carbons (Fsp3) is 0.500. The second kappa shape index (κ2) is 4.31. The van der Waals surface area contributed by atoms with E-state index < -0.39 is 20.3 Å². The van der Waals surface area contributed by atoms with E-state index >= 15 is 0 Å². The Bertz CT molecular complexity index is 164. The molecule has 0 aromatic heterocycles. The first-order valence-electron chi connectivity index (χ1n) is 2.82. The molecule has 0 bridgehead atoms. The Hall–Kier alpha value is -0.530. The van der Waals surface area contributed by atoms with Crippen LogP contribution in [0.5, 0.6) is 0 Å². The quantitative estimate of drug-likeness (QED) is 0.483. The Kier molecular flexibility index (Phi) is 4.08. The van der Waals surface area contributed by atoms with Gasteiger partial charge in [0, 0.05) is 6.16 Å². The van der Waals surface area contributed by atoms with Gasteiger partial charge in [0.25, 0.3) is 0 Å². The molecule has 0 saturated carbocycles. The number of carbonyl (C=O) groups is 1. The minimum absolute atomic E-state index is 0.00565. The molecule has 10 heavy (non-hydrogen) atoms. The summed E-state index contributed by atoms with van der Waals surface area (Å²) in [4.78, 5) is 10.7. The van der Waals surface area contributed by atoms with Crippen molar-refractivity contribution in [1.29, 1.82) is 0 Å². The molecule has 2 atom stereocenters. The fourth-order valence-electron chi connectivity index (χ4n) is 0.456. The number of Topliss-reactive ketones (excluding diaryl/α,β-unsaturated/α-hetero) is 1. The van der Waals surface area contributed by atoms with E-state index in [1.807, 2.05) is 0 Å². The highest BCUT2D eigenvalue weighted by Crippen LogP contribution is 2.02. The zero-order valence-electron chi connectivity index (χ0n) is 5.76. The second-order valence-electron chi connectivity index (χ2n) is 2.01. The Morgan fingerprint density at radius 1 is 1.80 bits per heavy atom. The third-order valence-corrected chi connectivity index (χ3v) is 1.55. The lowest BCUT2D eigenvalue weighted by molar-refractivity contribution is -0.122. The van der Waals surface area contributed by atoms with E-state index in [4.69, 9.17) is 5.11 Å². The van der Waals surface area contributed by atoms with Crippen LogP contribution in [0.3, 0.4) is 0 Å². The summed E-state index contributed by atoms with van der Waals surface area (Å²) in [6.07, 6.45) is -1.13. The van der Waals surface area contributed by atoms with Crippen LogP contribution in [0.25, 0.3) is 0 Å². The van der Waals surface area contributed by atoms with Crippen molar-refractivity contribution in [2.24, 2.45) is 0 Å². The van der Waals surface area contributed by atoms with Gasteiger partial charge in [0.05, 0.1) is 8.46 Å². The summed E-state index contributed by atoms with van der Waals surface area (Å²) in [6, 6.07) is 0. The van der Waals surface area contributed by atoms with E-state index in [0.29, 0.717) is 5.57 Å². The van der Waals surface area contributed by atoms with Crippen LogP contribution in [0.1, 0.15) is 6.92 Å². The van der Waals surface area contributed by atoms with Crippen LogP contribution >= 0.6 is 8.46 Å². The molecule has 57 valence electrons. The second-order valence-corrected chi connectivity index (χ2v) is 2.71. The molecular weight excluding hydrogens is 151 g/mol. The first kappa shape index (κ1) is 9.47. The van der Waals surface area contributed by atoms with Gasteiger partial charge in [0.2, 0.25) is 0 Å². The Balaban J connectivity index is 3.94. The van der Waals surface area contributed by atoms with Gasteiger partial charge in [0.15, 0.2) is 5.78 Å². The van der Waals surface area contributed by atoms with Crippen molar-refractivity contribution in [1.82, 2.24) is 0 Å². The van der Waals surface area contributed by atoms with Gasteiger partial charge in [-0.05, 0) is 12.5 Å². The number of aliphatic hydroxyl groups is 1. The van der Waals surface area contributed by atoms with Crippen LogP contribution in [0, 0.1) is 0 Å². The van der Waals surface area contributed by atoms with E-state index in [9.17, 15) is 9.36 Å². The van der Waals surface area contributed by atoms with Gasteiger partial charge in [0.1, 0.15) is 6.10 Å². The molecule has 0 fully saturated rings. The highest BCUT2D eigenvalue weighted by molar-refractivity contribution is 7.23. The number of hydrogen-bond donors (Lipinski definition) is 1. The molecule has 0 aliphatic heterocycles. The predicted octanol–water partition coefficient (Wildman–Crippen LogP) is 0.516. The van der Waals surface area contributed by atoms with Crippen molar-refractivity contribution in [2.45, 2.75) is 13.0 Å². The normalized spacial score (nSPS) is 13.0. The van der Waals surface area contributed by atoms with Gasteiger partial charge in [-0.25, -0.2) is 0 Å². The van der Waals surface area contributed by atoms with Crippen LogP contribution in [0.15, 0.2) is 12.2 Å². The lowest BCUT2D eigenvalue weighted by atomic mass is 10.1. The molecule has 0 aromatic carbocycles. The van der Waals surface area contributed by atoms with Crippen LogP contribution in [0.4, 0.5) is 0 Å². The third kappa shape index (κ3) is 2.85. The van der Waals surface area contributed by atoms with Crippen molar-refractivity contribution < 1.29 is 14.5 Å². The highest BCUT2D eigenvalue weighted by Gasteiger charge is 2.13. The van der Waals surface area contributed by atoms with Crippen molar-refractivity contribution in [3.05, 3.63) is 12.2 Å². The average Bonchev–Trinajstić information content (AvgIpc) is 1.87. The monoisotopic (exact) mass is 161 g/mol. The van der Waals surface area contributed by atoms with Crippen LogP contribution in [-0.2, 0) is 9.36 Å². The number of rotatable bonds is 4. The SMILES string of the molecule is C=C(C)C(=O)C(O)C[PH]=O. The van der Waals surface area contributed by atoms with Crippen molar-refractivity contribution in [3.63, 3.8) is 0 Å². The molecule has 0 aliphatic rings. The summed E-state index contributed by atoms with van der Waals surface area (Å²) in [5.41, 5.74) is 0.297. The van der Waals surface area contributed by atoms with Crippen LogP contribution < -0.4 is 0 Å². The summed E-state index contributed by atoms with van der Waals surface area (Å²) >= 11 is 0. The molecule has 0 rings (SSSR count). The van der Waals surface area contributed by atoms with Gasteiger partial charge in [-0.3, -0.25) is 9.36 Å². The molecule has 2 unspecified atom stereocenters. The first-order chi connectivity index (χ1) is 4.59. The van der Waals surface area contributed by atoms with Crippen molar-refractivity contribution in [2.75, 3.05) is 6.16 Å². The molecule has 0 amide bonds. The van der Waals surface area contributed by atoms with Gasteiger partial charge in [-0.2, -0.15) is 0 Å². The van der Waals surface area contributed by atoms with E-state index in [1.165, 1.54) is 6.92 Å². The molecule has 3 nitrogen and oxygen atoms in total. The first-order valence-corrected chi connectivity index (χ1v) is 3.94. The van der Waals surface area contributed by atoms with E-state index in [1.54, 1.807) is 0 Å². The number of hydrogen-bond acceptors (Lipinski definition) is 3. The van der Waals surface area contributed by atoms with Gasteiger partial charge >= 0.3 is 0 Å². The molecule has 0 heterocycles. The molecule has 4 heteroatoms. The van der Waals surface area contributed by atoms with Gasteiger partial charge in [-0.1, -0.05) is 6.58 Å². The van der Waals surface area contributed by atoms with Crippen LogP contribution in [-0.4, -0.2) is 23.2 Å². The maximum atomic E-state index is 10.7. The number of aliphatic hydroxyl groups excluding tert-OH is 1. The predicted molar refractivity (Wildman–Crippen MR) is 39.7 cm³/mol. The summed E-state index contributed by atoms with van der Waals surface area (Å²) in [7, 11) is -0.638. The van der Waals surface area contributed by atoms with Gasteiger partial charge < -0.3 is 5.11 Å². The molecule has 0 spiro atoms. The zero-order valence-corrected chi connectivity index (χ0v) is 6.76. The Morgan fingerprint density at radius 3 is 2.60 bits per heavy atom. The van der Waals surface area contributed by atoms with Gasteiger partial charge in [-0.15, -0.1) is 0 Å². The summed E-state index contributed by atoms with van der Waals surface area (Å²) < 4.78 is 9.95. The standard InChI is InChI=1S/C6H10O3P/c1-4(2)6(8)5(7)3-10-9/h5,7,10H,1,3H2,2H3. The zero-order chi connectivity index (χ0) is 8.15. The lowest BCUT2D eigenvalue weighted by Crippen LogP contribution is -2.22. The molecule has 1 N–H and O–H groups in total. The van der Waals surface area contributed by atoms with Crippen molar-refractivity contribution in [3.8, 4) is 0 Å². The minimum Gasteiger partial charge on any atom is -0.384 e. The summed E-state index contributed by atoms with van der Waals surface area (Å²) in [5.74, 6) is -0.427. The third-order valence-electron chi connectivity index (χ3n) is 1.000. The summed E-state index contributed by atoms with van der Waals surface area (Å²) in [6.45, 7) is 4.86. The molecular formula is C6H10O3P. The largest absolute Gasteiger partial charge is 0.384 e. The van der Waals surface area contributed by atoms with E-state index in [0.717, 1.165) is 0 Å². The lowest BCUT2D eigenvalue weighted by Gasteiger charge is -2.03.